The first-order valence-electron chi connectivity index (χ1n) is 9.64. The highest BCUT2D eigenvalue weighted by Crippen LogP contribution is 2.40. The van der Waals surface area contributed by atoms with Gasteiger partial charge in [-0.1, -0.05) is 26.0 Å². The number of aryl methyl sites for hydroxylation is 2. The van der Waals surface area contributed by atoms with Crippen molar-refractivity contribution in [3.05, 3.63) is 29.6 Å². The molecule has 0 radical (unpaired) electrons. The van der Waals surface area contributed by atoms with Gasteiger partial charge in [0.25, 0.3) is 5.91 Å². The standard InChI is InChI=1S/C20H29N3O3/c1-5-9-23-12-16(14(4)21-23)19(24)22-10-15-8-7-13(3)18(17(15)11-22)20(25)26-6-2/h7-8,12-13,15,17-18H,5-6,9-11H2,1-4H3/t13-,15-,17-,18-/m0/s1. The van der Waals surface area contributed by atoms with Gasteiger partial charge in [0.1, 0.15) is 0 Å². The molecule has 1 fully saturated rings. The van der Waals surface area contributed by atoms with E-state index in [1.807, 2.05) is 29.6 Å². The summed E-state index contributed by atoms with van der Waals surface area (Å²) in [4.78, 5) is 27.4. The second-order valence-electron chi connectivity index (χ2n) is 7.45. The van der Waals surface area contributed by atoms with Crippen LogP contribution in [0.4, 0.5) is 0 Å². The summed E-state index contributed by atoms with van der Waals surface area (Å²) >= 11 is 0. The number of fused-ring (bicyclic) bond motifs is 1. The van der Waals surface area contributed by atoms with E-state index in [9.17, 15) is 9.59 Å². The number of allylic oxidation sites excluding steroid dienone is 1. The molecule has 3 rings (SSSR count). The van der Waals surface area contributed by atoms with Crippen LogP contribution >= 0.6 is 0 Å². The van der Waals surface area contributed by atoms with Gasteiger partial charge >= 0.3 is 5.97 Å². The molecule has 0 spiro atoms. The molecule has 0 bridgehead atoms. The molecule has 0 N–H and O–H groups in total. The summed E-state index contributed by atoms with van der Waals surface area (Å²) < 4.78 is 7.14. The minimum absolute atomic E-state index is 0.0166. The van der Waals surface area contributed by atoms with Crippen molar-refractivity contribution < 1.29 is 14.3 Å². The molecule has 1 aliphatic carbocycles. The summed E-state index contributed by atoms with van der Waals surface area (Å²) in [7, 11) is 0. The maximum absolute atomic E-state index is 13.0. The van der Waals surface area contributed by atoms with Crippen molar-refractivity contribution in [2.45, 2.75) is 40.7 Å². The van der Waals surface area contributed by atoms with Gasteiger partial charge in [0.05, 0.1) is 23.8 Å². The summed E-state index contributed by atoms with van der Waals surface area (Å²) in [5.74, 6) is 0.189. The van der Waals surface area contributed by atoms with Crippen LogP contribution in [0.15, 0.2) is 18.3 Å². The first-order valence-corrected chi connectivity index (χ1v) is 9.64. The maximum atomic E-state index is 13.0. The van der Waals surface area contributed by atoms with Crippen molar-refractivity contribution in [2.24, 2.45) is 23.7 Å². The molecule has 6 heteroatoms. The fourth-order valence-electron chi connectivity index (χ4n) is 4.30. The Morgan fingerprint density at radius 3 is 2.73 bits per heavy atom. The Bertz CT molecular complexity index is 709. The van der Waals surface area contributed by atoms with E-state index in [0.717, 1.165) is 18.7 Å². The van der Waals surface area contributed by atoms with Crippen molar-refractivity contribution in [3.63, 3.8) is 0 Å². The summed E-state index contributed by atoms with van der Waals surface area (Å²) in [5, 5.41) is 4.44. The molecule has 1 aliphatic heterocycles. The number of carbonyl (C=O) groups excluding carboxylic acids is 2. The fourth-order valence-corrected chi connectivity index (χ4v) is 4.30. The van der Waals surface area contributed by atoms with Crippen LogP contribution in [0.1, 0.15) is 43.2 Å². The smallest absolute Gasteiger partial charge is 0.309 e. The predicted molar refractivity (Wildman–Crippen MR) is 98.6 cm³/mol. The first kappa shape index (κ1) is 18.7. The van der Waals surface area contributed by atoms with Gasteiger partial charge in [-0.05, 0) is 38.0 Å². The molecule has 0 aromatic carbocycles. The topological polar surface area (TPSA) is 64.4 Å². The summed E-state index contributed by atoms with van der Waals surface area (Å²) in [6.07, 6.45) is 7.10. The van der Waals surface area contributed by atoms with E-state index < -0.39 is 0 Å². The SMILES string of the molecule is CCCn1cc(C(=O)N2C[C@@H]3[C@@H](C(=O)OCC)[C@@H](C)C=C[C@H]3C2)c(C)n1. The van der Waals surface area contributed by atoms with E-state index >= 15 is 0 Å². The number of nitrogens with zero attached hydrogens (tertiary/aromatic N) is 3. The van der Waals surface area contributed by atoms with E-state index in [1.165, 1.54) is 0 Å². The van der Waals surface area contributed by atoms with Gasteiger partial charge in [-0.15, -0.1) is 0 Å². The summed E-state index contributed by atoms with van der Waals surface area (Å²) in [5.41, 5.74) is 1.44. The summed E-state index contributed by atoms with van der Waals surface area (Å²) in [6.45, 7) is 10.3. The number of carbonyl (C=O) groups is 2. The van der Waals surface area contributed by atoms with Crippen molar-refractivity contribution in [1.29, 1.82) is 0 Å². The molecule has 2 aliphatic rings. The quantitative estimate of drug-likeness (QED) is 0.599. The highest BCUT2D eigenvalue weighted by atomic mass is 16.5. The molecule has 0 unspecified atom stereocenters. The zero-order valence-corrected chi connectivity index (χ0v) is 16.1. The monoisotopic (exact) mass is 359 g/mol. The van der Waals surface area contributed by atoms with Gasteiger partial charge in [0.2, 0.25) is 0 Å². The number of aromatic nitrogens is 2. The first-order chi connectivity index (χ1) is 12.5. The molecule has 26 heavy (non-hydrogen) atoms. The summed E-state index contributed by atoms with van der Waals surface area (Å²) in [6, 6.07) is 0. The number of esters is 1. The Hall–Kier alpha value is -2.11. The Balaban J connectivity index is 1.77. The van der Waals surface area contributed by atoms with Crippen LogP contribution in [0.25, 0.3) is 0 Å². The van der Waals surface area contributed by atoms with Crippen molar-refractivity contribution in [2.75, 3.05) is 19.7 Å². The molecule has 2 heterocycles. The number of hydrogen-bond acceptors (Lipinski definition) is 4. The third-order valence-corrected chi connectivity index (χ3v) is 5.58. The normalized spacial score (nSPS) is 27.5. The lowest BCUT2D eigenvalue weighted by Gasteiger charge is -2.31. The molecular weight excluding hydrogens is 330 g/mol. The lowest BCUT2D eigenvalue weighted by atomic mass is 9.72. The molecule has 6 nitrogen and oxygen atoms in total. The van der Waals surface area contributed by atoms with E-state index in [0.29, 0.717) is 25.3 Å². The minimum Gasteiger partial charge on any atom is -0.466 e. The van der Waals surface area contributed by atoms with Crippen molar-refractivity contribution in [1.82, 2.24) is 14.7 Å². The maximum Gasteiger partial charge on any atom is 0.309 e. The van der Waals surface area contributed by atoms with Crippen LogP contribution in [0.3, 0.4) is 0 Å². The van der Waals surface area contributed by atoms with Gasteiger partial charge in [0.15, 0.2) is 0 Å². The highest BCUT2D eigenvalue weighted by Gasteiger charge is 2.46. The fraction of sp³-hybridized carbons (Fsp3) is 0.650. The predicted octanol–water partition coefficient (Wildman–Crippen LogP) is 2.67. The second kappa shape index (κ2) is 7.64. The Morgan fingerprint density at radius 1 is 1.27 bits per heavy atom. The number of amides is 1. The molecule has 0 saturated carbocycles. The molecule has 1 aromatic rings. The Kier molecular flexibility index (Phi) is 5.49. The van der Waals surface area contributed by atoms with Crippen LogP contribution in [0, 0.1) is 30.6 Å². The third-order valence-electron chi connectivity index (χ3n) is 5.58. The molecule has 1 aromatic heterocycles. The average molecular weight is 359 g/mol. The van der Waals surface area contributed by atoms with Crippen LogP contribution in [0.5, 0.6) is 0 Å². The lowest BCUT2D eigenvalue weighted by molar-refractivity contribution is -0.152. The largest absolute Gasteiger partial charge is 0.466 e. The number of rotatable bonds is 5. The van der Waals surface area contributed by atoms with E-state index in [-0.39, 0.29) is 35.5 Å². The van der Waals surface area contributed by atoms with Gasteiger partial charge in [0, 0.05) is 25.8 Å². The van der Waals surface area contributed by atoms with Gasteiger partial charge < -0.3 is 9.64 Å². The minimum atomic E-state index is -0.174. The molecule has 1 amide bonds. The second-order valence-corrected chi connectivity index (χ2v) is 7.45. The van der Waals surface area contributed by atoms with Crippen LogP contribution in [0.2, 0.25) is 0 Å². The molecule has 1 saturated heterocycles. The highest BCUT2D eigenvalue weighted by molar-refractivity contribution is 5.95. The average Bonchev–Trinajstić information content (AvgIpc) is 3.18. The van der Waals surface area contributed by atoms with E-state index in [1.54, 1.807) is 0 Å². The molecule has 4 atom stereocenters. The third kappa shape index (κ3) is 3.41. The number of likely N-dealkylation sites (tertiary alicyclic amines) is 1. The van der Waals surface area contributed by atoms with Crippen LogP contribution in [-0.4, -0.2) is 46.3 Å². The number of hydrogen-bond donors (Lipinski definition) is 0. The van der Waals surface area contributed by atoms with Crippen LogP contribution < -0.4 is 0 Å². The number of ether oxygens (including phenoxy) is 1. The van der Waals surface area contributed by atoms with Gasteiger partial charge in [-0.25, -0.2) is 0 Å². The Morgan fingerprint density at radius 2 is 2.04 bits per heavy atom. The van der Waals surface area contributed by atoms with Crippen molar-refractivity contribution >= 4 is 11.9 Å². The van der Waals surface area contributed by atoms with Crippen molar-refractivity contribution in [3.8, 4) is 0 Å². The van der Waals surface area contributed by atoms with E-state index in [2.05, 4.69) is 31.1 Å². The molecular formula is C20H29N3O3. The zero-order valence-electron chi connectivity index (χ0n) is 16.1. The van der Waals surface area contributed by atoms with E-state index in [4.69, 9.17) is 4.74 Å². The lowest BCUT2D eigenvalue weighted by Crippen LogP contribution is -2.37. The molecule has 142 valence electrons. The van der Waals surface area contributed by atoms with Gasteiger partial charge in [-0.3, -0.25) is 14.3 Å². The Labute approximate surface area is 155 Å². The zero-order chi connectivity index (χ0) is 18.8. The van der Waals surface area contributed by atoms with Crippen LogP contribution in [-0.2, 0) is 16.1 Å². The van der Waals surface area contributed by atoms with Gasteiger partial charge in [-0.2, -0.15) is 5.10 Å².